The van der Waals surface area contributed by atoms with Crippen molar-refractivity contribution < 1.29 is 10.2 Å². The Balaban J connectivity index is 2.20. The van der Waals surface area contributed by atoms with Crippen LogP contribution in [0.3, 0.4) is 0 Å². The summed E-state index contributed by atoms with van der Waals surface area (Å²) < 4.78 is 0. The number of hydrogen-bond donors (Lipinski definition) is 2. The first-order valence-electron chi connectivity index (χ1n) is 8.81. The number of hydrogen-bond acceptors (Lipinski definition) is 2. The molecule has 1 aliphatic rings. The minimum Gasteiger partial charge on any atom is -0.508 e. The van der Waals surface area contributed by atoms with Crippen LogP contribution in [0.5, 0.6) is 11.5 Å². The fourth-order valence-corrected chi connectivity index (χ4v) is 4.91. The summed E-state index contributed by atoms with van der Waals surface area (Å²) in [4.78, 5) is 0. The van der Waals surface area contributed by atoms with E-state index >= 15 is 0 Å². The Morgan fingerprint density at radius 3 is 2.12 bits per heavy atom. The van der Waals surface area contributed by atoms with Crippen LogP contribution in [0.2, 0.25) is 0 Å². The number of rotatable bonds is 2. The van der Waals surface area contributed by atoms with Crippen molar-refractivity contribution in [2.75, 3.05) is 0 Å². The van der Waals surface area contributed by atoms with Crippen LogP contribution in [0.1, 0.15) is 56.7 Å². The normalized spacial score (nSPS) is 26.2. The number of phenols is 2. The lowest BCUT2D eigenvalue weighted by Gasteiger charge is -2.49. The molecule has 0 amide bonds. The summed E-state index contributed by atoms with van der Waals surface area (Å²) in [6.07, 6.45) is 3.38. The van der Waals surface area contributed by atoms with E-state index in [9.17, 15) is 10.2 Å². The topological polar surface area (TPSA) is 40.5 Å². The molecule has 1 saturated carbocycles. The van der Waals surface area contributed by atoms with Gasteiger partial charge in [-0.2, -0.15) is 0 Å². The summed E-state index contributed by atoms with van der Waals surface area (Å²) >= 11 is 0. The van der Waals surface area contributed by atoms with Crippen LogP contribution in [0.25, 0.3) is 0 Å². The second-order valence-corrected chi connectivity index (χ2v) is 8.48. The van der Waals surface area contributed by atoms with Crippen molar-refractivity contribution in [1.82, 2.24) is 0 Å². The van der Waals surface area contributed by atoms with Gasteiger partial charge in [0.2, 0.25) is 0 Å². The molecular weight excluding hydrogens is 296 g/mol. The van der Waals surface area contributed by atoms with Gasteiger partial charge in [0.1, 0.15) is 11.5 Å². The minimum atomic E-state index is -0.0761. The highest BCUT2D eigenvalue weighted by Gasteiger charge is 2.45. The largest absolute Gasteiger partial charge is 0.508 e. The predicted molar refractivity (Wildman–Crippen MR) is 98.5 cm³/mol. The summed E-state index contributed by atoms with van der Waals surface area (Å²) in [7, 11) is 0. The van der Waals surface area contributed by atoms with Crippen LogP contribution in [0.15, 0.2) is 42.5 Å². The first-order chi connectivity index (χ1) is 11.2. The van der Waals surface area contributed by atoms with E-state index in [2.05, 4.69) is 45.0 Å². The smallest absolute Gasteiger partial charge is 0.118 e. The Kier molecular flexibility index (Phi) is 4.11. The van der Waals surface area contributed by atoms with Gasteiger partial charge in [0.15, 0.2) is 0 Å². The minimum absolute atomic E-state index is 0.0761. The average molecular weight is 324 g/mol. The molecule has 0 saturated heterocycles. The van der Waals surface area contributed by atoms with Crippen molar-refractivity contribution in [3.8, 4) is 11.5 Å². The SMILES string of the molecule is Cc1cc(C2(c3ccc(O)cc3)CC(C)CC(C)(C)C2)ccc1O. The lowest BCUT2D eigenvalue weighted by Crippen LogP contribution is -2.41. The molecule has 24 heavy (non-hydrogen) atoms. The quantitative estimate of drug-likeness (QED) is 0.761. The van der Waals surface area contributed by atoms with E-state index in [1.807, 2.05) is 13.0 Å². The molecule has 0 aliphatic heterocycles. The molecule has 2 heteroatoms. The zero-order valence-electron chi connectivity index (χ0n) is 15.1. The van der Waals surface area contributed by atoms with E-state index in [-0.39, 0.29) is 10.8 Å². The van der Waals surface area contributed by atoms with E-state index in [4.69, 9.17) is 0 Å². The summed E-state index contributed by atoms with van der Waals surface area (Å²) in [5.74, 6) is 1.28. The first kappa shape index (κ1) is 16.9. The molecule has 2 nitrogen and oxygen atoms in total. The van der Waals surface area contributed by atoms with E-state index < -0.39 is 0 Å². The maximum absolute atomic E-state index is 9.95. The Morgan fingerprint density at radius 2 is 1.54 bits per heavy atom. The molecule has 2 N–H and O–H groups in total. The van der Waals surface area contributed by atoms with Gasteiger partial charge in [0.05, 0.1) is 0 Å². The van der Waals surface area contributed by atoms with Crippen LogP contribution >= 0.6 is 0 Å². The van der Waals surface area contributed by atoms with Gasteiger partial charge in [-0.25, -0.2) is 0 Å². The molecule has 1 fully saturated rings. The molecule has 0 aromatic heterocycles. The standard InChI is InChI=1S/C22H28O2/c1-15-12-21(3,4)14-22(13-15,17-5-8-19(23)9-6-17)18-7-10-20(24)16(2)11-18/h5-11,15,23-24H,12-14H2,1-4H3. The highest BCUT2D eigenvalue weighted by atomic mass is 16.3. The molecule has 0 bridgehead atoms. The van der Waals surface area contributed by atoms with E-state index in [1.54, 1.807) is 12.1 Å². The van der Waals surface area contributed by atoms with E-state index in [1.165, 1.54) is 17.5 Å². The molecule has 0 heterocycles. The number of benzene rings is 2. The van der Waals surface area contributed by atoms with Gasteiger partial charge in [-0.3, -0.25) is 0 Å². The Bertz CT molecular complexity index is 730. The Hall–Kier alpha value is -1.96. The zero-order valence-corrected chi connectivity index (χ0v) is 15.1. The summed E-state index contributed by atoms with van der Waals surface area (Å²) in [5, 5.41) is 19.7. The highest BCUT2D eigenvalue weighted by molar-refractivity contribution is 5.46. The van der Waals surface area contributed by atoms with Crippen molar-refractivity contribution in [3.63, 3.8) is 0 Å². The molecule has 0 spiro atoms. The van der Waals surface area contributed by atoms with E-state index in [0.717, 1.165) is 18.4 Å². The third-order valence-corrected chi connectivity index (χ3v) is 5.55. The molecule has 1 aliphatic carbocycles. The van der Waals surface area contributed by atoms with Crippen LogP contribution in [0.4, 0.5) is 0 Å². The van der Waals surface area contributed by atoms with Gasteiger partial charge >= 0.3 is 0 Å². The summed E-state index contributed by atoms with van der Waals surface area (Å²) in [6.45, 7) is 9.00. The van der Waals surface area contributed by atoms with Crippen molar-refractivity contribution in [3.05, 3.63) is 59.2 Å². The summed E-state index contributed by atoms with van der Waals surface area (Å²) in [6, 6.07) is 13.7. The van der Waals surface area contributed by atoms with Crippen LogP contribution in [-0.4, -0.2) is 10.2 Å². The predicted octanol–water partition coefficient (Wildman–Crippen LogP) is 5.54. The molecule has 2 unspecified atom stereocenters. The number of aromatic hydroxyl groups is 2. The van der Waals surface area contributed by atoms with Crippen molar-refractivity contribution >= 4 is 0 Å². The monoisotopic (exact) mass is 324 g/mol. The van der Waals surface area contributed by atoms with Gasteiger partial charge in [0.25, 0.3) is 0 Å². The van der Waals surface area contributed by atoms with Gasteiger partial charge in [-0.05, 0) is 72.4 Å². The maximum Gasteiger partial charge on any atom is 0.118 e. The Labute approximate surface area is 145 Å². The van der Waals surface area contributed by atoms with E-state index in [0.29, 0.717) is 17.4 Å². The number of phenolic OH excluding ortho intramolecular Hbond substituents is 2. The lowest BCUT2D eigenvalue weighted by molar-refractivity contribution is 0.127. The molecule has 2 atom stereocenters. The molecule has 2 aromatic rings. The van der Waals surface area contributed by atoms with Crippen molar-refractivity contribution in [2.45, 2.75) is 52.4 Å². The highest BCUT2D eigenvalue weighted by Crippen LogP contribution is 2.53. The second-order valence-electron chi connectivity index (χ2n) is 8.48. The van der Waals surface area contributed by atoms with Crippen LogP contribution in [0, 0.1) is 18.3 Å². The zero-order chi connectivity index (χ0) is 17.5. The van der Waals surface area contributed by atoms with Crippen molar-refractivity contribution in [2.24, 2.45) is 11.3 Å². The van der Waals surface area contributed by atoms with Crippen LogP contribution in [-0.2, 0) is 5.41 Å². The second kappa shape index (κ2) is 5.84. The average Bonchev–Trinajstić information content (AvgIpc) is 2.48. The fourth-order valence-electron chi connectivity index (χ4n) is 4.91. The third-order valence-electron chi connectivity index (χ3n) is 5.55. The molecule has 2 aromatic carbocycles. The number of aryl methyl sites for hydroxylation is 1. The van der Waals surface area contributed by atoms with Gasteiger partial charge in [-0.15, -0.1) is 0 Å². The van der Waals surface area contributed by atoms with Gasteiger partial charge in [-0.1, -0.05) is 45.0 Å². The fraction of sp³-hybridized carbons (Fsp3) is 0.455. The van der Waals surface area contributed by atoms with Gasteiger partial charge < -0.3 is 10.2 Å². The third kappa shape index (κ3) is 3.02. The summed E-state index contributed by atoms with van der Waals surface area (Å²) in [5.41, 5.74) is 3.61. The van der Waals surface area contributed by atoms with Gasteiger partial charge in [0, 0.05) is 5.41 Å². The molecular formula is C22H28O2. The maximum atomic E-state index is 9.95. The first-order valence-corrected chi connectivity index (χ1v) is 8.81. The lowest BCUT2D eigenvalue weighted by atomic mass is 9.55. The Morgan fingerprint density at radius 1 is 0.917 bits per heavy atom. The molecule has 0 radical (unpaired) electrons. The van der Waals surface area contributed by atoms with Crippen LogP contribution < -0.4 is 0 Å². The molecule has 3 rings (SSSR count). The molecule has 128 valence electrons. The van der Waals surface area contributed by atoms with Crippen molar-refractivity contribution in [1.29, 1.82) is 0 Å².